The molecule has 0 spiro atoms. The van der Waals surface area contributed by atoms with Crippen molar-refractivity contribution >= 4 is 35.0 Å². The Kier molecular flexibility index (Phi) is 4.18. The Morgan fingerprint density at radius 1 is 1.53 bits per heavy atom. The van der Waals surface area contributed by atoms with Gasteiger partial charge in [0.15, 0.2) is 0 Å². The van der Waals surface area contributed by atoms with Crippen molar-refractivity contribution in [2.24, 2.45) is 0 Å². The van der Waals surface area contributed by atoms with E-state index in [4.69, 9.17) is 17.3 Å². The van der Waals surface area contributed by atoms with Gasteiger partial charge in [-0.05, 0) is 36.8 Å². The van der Waals surface area contributed by atoms with Crippen molar-refractivity contribution in [3.8, 4) is 0 Å². The van der Waals surface area contributed by atoms with Gasteiger partial charge in [0.2, 0.25) is 0 Å². The number of nitrogens with two attached hydrogens (primary N) is 1. The van der Waals surface area contributed by atoms with Gasteiger partial charge < -0.3 is 11.1 Å². The Labute approximate surface area is 110 Å². The van der Waals surface area contributed by atoms with Gasteiger partial charge in [0.25, 0.3) is 5.91 Å². The van der Waals surface area contributed by atoms with E-state index < -0.39 is 0 Å². The Morgan fingerprint density at radius 2 is 2.35 bits per heavy atom. The number of nitrogens with one attached hydrogen (secondary N) is 1. The lowest BCUT2D eigenvalue weighted by Gasteiger charge is -2.22. The second kappa shape index (κ2) is 5.65. The third-order valence-electron chi connectivity index (χ3n) is 2.76. The lowest BCUT2D eigenvalue weighted by Crippen LogP contribution is -2.38. The third-order valence-corrected chi connectivity index (χ3v) is 4.30. The number of amides is 1. The van der Waals surface area contributed by atoms with Crippen LogP contribution in [0.3, 0.4) is 0 Å². The summed E-state index contributed by atoms with van der Waals surface area (Å²) in [7, 11) is 0. The monoisotopic (exact) mass is 270 g/mol. The first-order valence-electron chi connectivity index (χ1n) is 5.60. The molecule has 5 heteroatoms. The van der Waals surface area contributed by atoms with E-state index in [-0.39, 0.29) is 11.9 Å². The second-order valence-electron chi connectivity index (χ2n) is 4.12. The highest BCUT2D eigenvalue weighted by Crippen LogP contribution is 2.21. The first-order chi connectivity index (χ1) is 8.16. The molecule has 1 aliphatic heterocycles. The first kappa shape index (κ1) is 12.6. The number of rotatable bonds is 2. The van der Waals surface area contributed by atoms with E-state index in [0.717, 1.165) is 18.6 Å². The summed E-state index contributed by atoms with van der Waals surface area (Å²) in [5.41, 5.74) is 6.67. The number of thioether (sulfide) groups is 1. The van der Waals surface area contributed by atoms with Crippen LogP contribution in [0.15, 0.2) is 18.2 Å². The number of hydrogen-bond donors (Lipinski definition) is 2. The van der Waals surface area contributed by atoms with Crippen molar-refractivity contribution in [2.45, 2.75) is 18.9 Å². The summed E-state index contributed by atoms with van der Waals surface area (Å²) in [6.45, 7) is 0. The fraction of sp³-hybridized carbons (Fsp3) is 0.417. The summed E-state index contributed by atoms with van der Waals surface area (Å²) in [5, 5.41) is 3.45. The van der Waals surface area contributed by atoms with E-state index >= 15 is 0 Å². The lowest BCUT2D eigenvalue weighted by atomic mass is 10.1. The van der Waals surface area contributed by atoms with Gasteiger partial charge in [0.1, 0.15) is 0 Å². The molecule has 92 valence electrons. The average Bonchev–Trinajstić information content (AvgIpc) is 2.34. The fourth-order valence-corrected chi connectivity index (χ4v) is 3.04. The average molecular weight is 271 g/mol. The molecule has 1 saturated heterocycles. The Morgan fingerprint density at radius 3 is 3.00 bits per heavy atom. The van der Waals surface area contributed by atoms with Crippen LogP contribution in [0, 0.1) is 0 Å². The van der Waals surface area contributed by atoms with Gasteiger partial charge >= 0.3 is 0 Å². The summed E-state index contributed by atoms with van der Waals surface area (Å²) in [6.07, 6.45) is 2.22. The molecule has 3 N–H and O–H groups in total. The van der Waals surface area contributed by atoms with Crippen molar-refractivity contribution in [1.29, 1.82) is 0 Å². The highest BCUT2D eigenvalue weighted by atomic mass is 35.5. The highest BCUT2D eigenvalue weighted by Gasteiger charge is 2.17. The standard InChI is InChI=1S/C12H15ClN2OS/c13-10-6-8(3-4-11(10)14)12(16)15-9-2-1-5-17-7-9/h3-4,6,9H,1-2,5,7,14H2,(H,15,16). The summed E-state index contributed by atoms with van der Waals surface area (Å²) < 4.78 is 0. The highest BCUT2D eigenvalue weighted by molar-refractivity contribution is 7.99. The van der Waals surface area contributed by atoms with Crippen LogP contribution in [0.5, 0.6) is 0 Å². The minimum Gasteiger partial charge on any atom is -0.398 e. The number of hydrogen-bond acceptors (Lipinski definition) is 3. The van der Waals surface area contributed by atoms with Gasteiger partial charge in [-0.1, -0.05) is 11.6 Å². The molecule has 1 aromatic rings. The minimum atomic E-state index is -0.0700. The van der Waals surface area contributed by atoms with Crippen LogP contribution in [-0.2, 0) is 0 Å². The van der Waals surface area contributed by atoms with Crippen molar-refractivity contribution < 1.29 is 4.79 Å². The molecule has 1 amide bonds. The quantitative estimate of drug-likeness (QED) is 0.812. The van der Waals surface area contributed by atoms with E-state index in [9.17, 15) is 4.79 Å². The van der Waals surface area contributed by atoms with Crippen molar-refractivity contribution in [3.05, 3.63) is 28.8 Å². The van der Waals surface area contributed by atoms with Crippen LogP contribution in [-0.4, -0.2) is 23.5 Å². The molecule has 0 saturated carbocycles. The third kappa shape index (κ3) is 3.30. The minimum absolute atomic E-state index is 0.0700. The SMILES string of the molecule is Nc1ccc(C(=O)NC2CCCSC2)cc1Cl. The number of halogens is 1. The molecule has 17 heavy (non-hydrogen) atoms. The number of carbonyl (C=O) groups is 1. The molecule has 3 nitrogen and oxygen atoms in total. The zero-order valence-electron chi connectivity index (χ0n) is 9.41. The van der Waals surface area contributed by atoms with E-state index in [1.807, 2.05) is 11.8 Å². The van der Waals surface area contributed by atoms with E-state index in [0.29, 0.717) is 16.3 Å². The largest absolute Gasteiger partial charge is 0.398 e. The molecule has 0 bridgehead atoms. The summed E-state index contributed by atoms with van der Waals surface area (Å²) >= 11 is 7.78. The molecular formula is C12H15ClN2OS. The van der Waals surface area contributed by atoms with Gasteiger partial charge in [0, 0.05) is 17.4 Å². The summed E-state index contributed by atoms with van der Waals surface area (Å²) in [5.74, 6) is 2.12. The topological polar surface area (TPSA) is 55.1 Å². The van der Waals surface area contributed by atoms with E-state index in [1.54, 1.807) is 18.2 Å². The van der Waals surface area contributed by atoms with Crippen LogP contribution in [0.1, 0.15) is 23.2 Å². The smallest absolute Gasteiger partial charge is 0.251 e. The molecule has 1 aliphatic rings. The fourth-order valence-electron chi connectivity index (χ4n) is 1.79. The van der Waals surface area contributed by atoms with Gasteiger partial charge in [-0.3, -0.25) is 4.79 Å². The maximum atomic E-state index is 12.0. The molecule has 0 radical (unpaired) electrons. The lowest BCUT2D eigenvalue weighted by molar-refractivity contribution is 0.0938. The van der Waals surface area contributed by atoms with Gasteiger partial charge in [0.05, 0.1) is 10.7 Å². The second-order valence-corrected chi connectivity index (χ2v) is 5.68. The molecule has 2 rings (SSSR count). The normalized spacial score (nSPS) is 19.9. The molecule has 1 atom stereocenters. The number of nitrogen functional groups attached to an aromatic ring is 1. The molecule has 1 heterocycles. The molecule has 1 fully saturated rings. The van der Waals surface area contributed by atoms with Crippen LogP contribution >= 0.6 is 23.4 Å². The van der Waals surface area contributed by atoms with Crippen molar-refractivity contribution in [2.75, 3.05) is 17.2 Å². The number of anilines is 1. The zero-order valence-corrected chi connectivity index (χ0v) is 11.0. The van der Waals surface area contributed by atoms with Crippen LogP contribution in [0.4, 0.5) is 5.69 Å². The van der Waals surface area contributed by atoms with Crippen molar-refractivity contribution in [3.63, 3.8) is 0 Å². The molecular weight excluding hydrogens is 256 g/mol. The van der Waals surface area contributed by atoms with Crippen molar-refractivity contribution in [1.82, 2.24) is 5.32 Å². The predicted octanol–water partition coefficient (Wildman–Crippen LogP) is 2.55. The summed E-state index contributed by atoms with van der Waals surface area (Å²) in [4.78, 5) is 12.0. The van der Waals surface area contributed by atoms with Crippen LogP contribution in [0.2, 0.25) is 5.02 Å². The zero-order chi connectivity index (χ0) is 12.3. The summed E-state index contributed by atoms with van der Waals surface area (Å²) in [6, 6.07) is 5.25. The van der Waals surface area contributed by atoms with Gasteiger partial charge in [-0.2, -0.15) is 11.8 Å². The Bertz CT molecular complexity index is 419. The number of benzene rings is 1. The van der Waals surface area contributed by atoms with E-state index in [1.165, 1.54) is 5.75 Å². The Balaban J connectivity index is 2.01. The molecule has 1 aromatic carbocycles. The molecule has 1 unspecified atom stereocenters. The maximum absolute atomic E-state index is 12.0. The number of carbonyl (C=O) groups excluding carboxylic acids is 1. The maximum Gasteiger partial charge on any atom is 0.251 e. The van der Waals surface area contributed by atoms with Gasteiger partial charge in [-0.25, -0.2) is 0 Å². The molecule has 0 aromatic heterocycles. The van der Waals surface area contributed by atoms with Crippen LogP contribution < -0.4 is 11.1 Å². The van der Waals surface area contributed by atoms with Gasteiger partial charge in [-0.15, -0.1) is 0 Å². The van der Waals surface area contributed by atoms with E-state index in [2.05, 4.69) is 5.32 Å². The predicted molar refractivity (Wildman–Crippen MR) is 73.7 cm³/mol. The van der Waals surface area contributed by atoms with Crippen LogP contribution in [0.25, 0.3) is 0 Å². The Hall–Kier alpha value is -0.870. The first-order valence-corrected chi connectivity index (χ1v) is 7.14. The molecule has 0 aliphatic carbocycles.